The molecule has 2 N–H and O–H groups in total. The molecular formula is C27H23FN4O3. The topological polar surface area (TPSA) is 85.3 Å². The van der Waals surface area contributed by atoms with E-state index >= 15 is 0 Å². The second kappa shape index (κ2) is 10.5. The lowest BCUT2D eigenvalue weighted by Crippen LogP contribution is -2.10. The van der Waals surface area contributed by atoms with Gasteiger partial charge in [-0.2, -0.15) is 5.10 Å². The van der Waals surface area contributed by atoms with E-state index in [-0.39, 0.29) is 11.7 Å². The number of anilines is 2. The van der Waals surface area contributed by atoms with E-state index in [1.54, 1.807) is 47.3 Å². The van der Waals surface area contributed by atoms with Crippen LogP contribution >= 0.6 is 0 Å². The Morgan fingerprint density at radius 2 is 1.74 bits per heavy atom. The minimum absolute atomic E-state index is 0.226. The van der Waals surface area contributed by atoms with E-state index in [0.29, 0.717) is 33.9 Å². The molecule has 0 fully saturated rings. The largest absolute Gasteiger partial charge is 0.495 e. The van der Waals surface area contributed by atoms with E-state index in [2.05, 4.69) is 15.7 Å². The van der Waals surface area contributed by atoms with Gasteiger partial charge in [-0.1, -0.05) is 18.2 Å². The van der Waals surface area contributed by atoms with E-state index < -0.39 is 5.91 Å². The number of halogens is 1. The molecule has 0 radical (unpaired) electrons. The number of nitrogens with one attached hydrogen (secondary N) is 2. The first kappa shape index (κ1) is 23.4. The van der Waals surface area contributed by atoms with Crippen LogP contribution in [0.2, 0.25) is 0 Å². The summed E-state index contributed by atoms with van der Waals surface area (Å²) in [5, 5.41) is 10.1. The van der Waals surface area contributed by atoms with Crippen LogP contribution in [0.25, 0.3) is 23.0 Å². The normalized spacial score (nSPS) is 10.8. The van der Waals surface area contributed by atoms with Crippen LogP contribution in [0.1, 0.15) is 12.5 Å². The highest BCUT2D eigenvalue weighted by Gasteiger charge is 2.12. The quantitative estimate of drug-likeness (QED) is 0.359. The van der Waals surface area contributed by atoms with E-state index in [0.717, 1.165) is 5.69 Å². The van der Waals surface area contributed by atoms with Crippen LogP contribution < -0.4 is 15.4 Å². The Kier molecular flexibility index (Phi) is 7.02. The number of benzene rings is 3. The van der Waals surface area contributed by atoms with Gasteiger partial charge in [0.1, 0.15) is 11.6 Å². The van der Waals surface area contributed by atoms with Crippen molar-refractivity contribution in [2.75, 3.05) is 17.7 Å². The fourth-order valence-electron chi connectivity index (χ4n) is 3.48. The van der Waals surface area contributed by atoms with Crippen molar-refractivity contribution < 1.29 is 18.7 Å². The van der Waals surface area contributed by atoms with Crippen molar-refractivity contribution in [2.24, 2.45) is 0 Å². The lowest BCUT2D eigenvalue weighted by molar-refractivity contribution is -0.114. The number of hydrogen-bond donors (Lipinski definition) is 2. The van der Waals surface area contributed by atoms with Gasteiger partial charge in [0, 0.05) is 36.0 Å². The molecule has 0 aliphatic rings. The van der Waals surface area contributed by atoms with E-state index in [4.69, 9.17) is 4.74 Å². The summed E-state index contributed by atoms with van der Waals surface area (Å²) < 4.78 is 20.5. The molecule has 176 valence electrons. The first-order chi connectivity index (χ1) is 16.9. The third-order valence-corrected chi connectivity index (χ3v) is 5.07. The molecular weight excluding hydrogens is 447 g/mol. The van der Waals surface area contributed by atoms with Gasteiger partial charge in [0.25, 0.3) is 0 Å². The molecule has 0 saturated heterocycles. The number of carbonyl (C=O) groups is 2. The summed E-state index contributed by atoms with van der Waals surface area (Å²) in [5.74, 6) is -0.523. The van der Waals surface area contributed by atoms with Crippen molar-refractivity contribution in [3.05, 3.63) is 96.4 Å². The van der Waals surface area contributed by atoms with Gasteiger partial charge < -0.3 is 15.4 Å². The molecule has 35 heavy (non-hydrogen) atoms. The number of ether oxygens (including phenoxy) is 1. The van der Waals surface area contributed by atoms with Gasteiger partial charge in [0.2, 0.25) is 11.8 Å². The summed E-state index contributed by atoms with van der Waals surface area (Å²) >= 11 is 0. The van der Waals surface area contributed by atoms with Crippen LogP contribution in [0, 0.1) is 5.82 Å². The van der Waals surface area contributed by atoms with Gasteiger partial charge >= 0.3 is 0 Å². The second-order valence-corrected chi connectivity index (χ2v) is 7.64. The average Bonchev–Trinajstić information content (AvgIpc) is 3.28. The van der Waals surface area contributed by atoms with Gasteiger partial charge in [-0.15, -0.1) is 0 Å². The van der Waals surface area contributed by atoms with Crippen LogP contribution in [0.5, 0.6) is 5.75 Å². The van der Waals surface area contributed by atoms with Crippen molar-refractivity contribution in [1.29, 1.82) is 0 Å². The Morgan fingerprint density at radius 3 is 2.43 bits per heavy atom. The van der Waals surface area contributed by atoms with Crippen molar-refractivity contribution >= 4 is 29.3 Å². The van der Waals surface area contributed by atoms with Crippen molar-refractivity contribution in [3.63, 3.8) is 0 Å². The molecule has 0 atom stereocenters. The number of rotatable bonds is 7. The molecule has 0 aliphatic carbocycles. The SMILES string of the molecule is COc1ccc(NC(C)=O)cc1NC(=O)/C=C/c1cn(-c2ccccc2)nc1-c1ccc(F)cc1. The van der Waals surface area contributed by atoms with Gasteiger partial charge in [0.15, 0.2) is 0 Å². The molecule has 4 aromatic rings. The predicted molar refractivity (Wildman–Crippen MR) is 134 cm³/mol. The Hall–Kier alpha value is -4.72. The summed E-state index contributed by atoms with van der Waals surface area (Å²) in [6.07, 6.45) is 4.82. The molecule has 0 bridgehead atoms. The lowest BCUT2D eigenvalue weighted by Gasteiger charge is -2.11. The van der Waals surface area contributed by atoms with Gasteiger partial charge in [-0.3, -0.25) is 9.59 Å². The summed E-state index contributed by atoms with van der Waals surface area (Å²) in [6.45, 7) is 1.40. The maximum atomic E-state index is 13.5. The zero-order chi connectivity index (χ0) is 24.8. The second-order valence-electron chi connectivity index (χ2n) is 7.64. The molecule has 1 heterocycles. The zero-order valence-electron chi connectivity index (χ0n) is 19.2. The Morgan fingerprint density at radius 1 is 1.00 bits per heavy atom. The summed E-state index contributed by atoms with van der Waals surface area (Å²) in [7, 11) is 1.49. The molecule has 3 aromatic carbocycles. The zero-order valence-corrected chi connectivity index (χ0v) is 19.2. The summed E-state index contributed by atoms with van der Waals surface area (Å²) in [6, 6.07) is 20.5. The van der Waals surface area contributed by atoms with E-state index in [1.807, 2.05) is 30.3 Å². The van der Waals surface area contributed by atoms with Gasteiger partial charge in [-0.05, 0) is 60.7 Å². The predicted octanol–water partition coefficient (Wildman–Crippen LogP) is 5.30. The maximum absolute atomic E-state index is 13.5. The Bertz CT molecular complexity index is 1380. The first-order valence-corrected chi connectivity index (χ1v) is 10.8. The highest BCUT2D eigenvalue weighted by Crippen LogP contribution is 2.28. The average molecular weight is 471 g/mol. The Labute approximate surface area is 201 Å². The van der Waals surface area contributed by atoms with Gasteiger partial charge in [0.05, 0.1) is 24.2 Å². The van der Waals surface area contributed by atoms with Crippen molar-refractivity contribution in [1.82, 2.24) is 9.78 Å². The number of para-hydroxylation sites is 1. The minimum atomic E-state index is -0.402. The molecule has 2 amide bonds. The third-order valence-electron chi connectivity index (χ3n) is 5.07. The third kappa shape index (κ3) is 5.80. The highest BCUT2D eigenvalue weighted by atomic mass is 19.1. The van der Waals surface area contributed by atoms with Crippen molar-refractivity contribution in [3.8, 4) is 22.7 Å². The molecule has 0 unspecified atom stereocenters. The number of hydrogen-bond acceptors (Lipinski definition) is 4. The number of carbonyl (C=O) groups excluding carboxylic acids is 2. The van der Waals surface area contributed by atoms with Crippen LogP contribution in [-0.2, 0) is 9.59 Å². The summed E-state index contributed by atoms with van der Waals surface area (Å²) in [4.78, 5) is 24.1. The van der Waals surface area contributed by atoms with Crippen LogP contribution in [-0.4, -0.2) is 28.7 Å². The van der Waals surface area contributed by atoms with Crippen LogP contribution in [0.3, 0.4) is 0 Å². The molecule has 0 aliphatic heterocycles. The number of methoxy groups -OCH3 is 1. The molecule has 4 rings (SSSR count). The monoisotopic (exact) mass is 470 g/mol. The Balaban J connectivity index is 1.63. The van der Waals surface area contributed by atoms with E-state index in [9.17, 15) is 14.0 Å². The summed E-state index contributed by atoms with van der Waals surface area (Å²) in [5.41, 5.74) is 3.77. The van der Waals surface area contributed by atoms with Crippen LogP contribution in [0.4, 0.5) is 15.8 Å². The van der Waals surface area contributed by atoms with E-state index in [1.165, 1.54) is 32.2 Å². The standard InChI is InChI=1S/C27H23FN4O3/c1-18(33)29-22-13-14-25(35-2)24(16-22)30-26(34)15-10-20-17-32(23-6-4-3-5-7-23)31-27(20)19-8-11-21(28)12-9-19/h3-17H,1-2H3,(H,29,33)(H,30,34)/b15-10+. The van der Waals surface area contributed by atoms with Crippen molar-refractivity contribution in [2.45, 2.75) is 6.92 Å². The molecule has 1 aromatic heterocycles. The molecule has 0 saturated carbocycles. The number of amides is 2. The minimum Gasteiger partial charge on any atom is -0.495 e. The first-order valence-electron chi connectivity index (χ1n) is 10.8. The lowest BCUT2D eigenvalue weighted by atomic mass is 10.1. The van der Waals surface area contributed by atoms with Crippen LogP contribution in [0.15, 0.2) is 85.1 Å². The molecule has 8 heteroatoms. The smallest absolute Gasteiger partial charge is 0.248 e. The maximum Gasteiger partial charge on any atom is 0.248 e. The van der Waals surface area contributed by atoms with Gasteiger partial charge in [-0.25, -0.2) is 9.07 Å². The fraction of sp³-hybridized carbons (Fsp3) is 0.0741. The highest BCUT2D eigenvalue weighted by molar-refractivity contribution is 6.03. The fourth-order valence-corrected chi connectivity index (χ4v) is 3.48. The molecule has 7 nitrogen and oxygen atoms in total. The number of nitrogens with zero attached hydrogens (tertiary/aromatic N) is 2. The number of aromatic nitrogens is 2. The molecule has 0 spiro atoms.